The fraction of sp³-hybridized carbons (Fsp3) is 0.103. The first-order chi connectivity index (χ1) is 16.0. The van der Waals surface area contributed by atoms with Crippen LogP contribution in [0.1, 0.15) is 30.0 Å². The number of benzene rings is 4. The lowest BCUT2D eigenvalue weighted by Crippen LogP contribution is -1.92. The minimum atomic E-state index is -1.49. The summed E-state index contributed by atoms with van der Waals surface area (Å²) in [6.45, 7) is 1.96. The molecule has 0 amide bonds. The molecule has 4 heteroatoms. The topological polar surface area (TPSA) is 0 Å². The van der Waals surface area contributed by atoms with E-state index in [4.69, 9.17) is 0 Å². The molecule has 0 aliphatic rings. The van der Waals surface area contributed by atoms with Gasteiger partial charge in [0, 0.05) is 22.1 Å². The molecule has 0 aromatic heterocycles. The van der Waals surface area contributed by atoms with E-state index < -0.39 is 17.5 Å². The van der Waals surface area contributed by atoms with Gasteiger partial charge in [-0.3, -0.25) is 0 Å². The summed E-state index contributed by atoms with van der Waals surface area (Å²) >= 11 is 0. The van der Waals surface area contributed by atoms with Crippen LogP contribution in [0.25, 0.3) is 21.9 Å². The predicted octanol–water partition coefficient (Wildman–Crippen LogP) is 7.97. The molecule has 33 heavy (non-hydrogen) atoms. The lowest BCUT2D eigenvalue weighted by atomic mass is 10.00. The Morgan fingerprint density at radius 1 is 0.727 bits per heavy atom. The predicted molar refractivity (Wildman–Crippen MR) is 125 cm³/mol. The molecule has 4 aromatic rings. The van der Waals surface area contributed by atoms with E-state index in [9.17, 15) is 17.6 Å². The van der Waals surface area contributed by atoms with Crippen molar-refractivity contribution in [3.8, 4) is 23.0 Å². The molecule has 0 nitrogen and oxygen atoms in total. The van der Waals surface area contributed by atoms with Crippen LogP contribution < -0.4 is 0 Å². The van der Waals surface area contributed by atoms with Crippen molar-refractivity contribution in [3.05, 3.63) is 119 Å². The molecule has 0 radical (unpaired) electrons. The van der Waals surface area contributed by atoms with Crippen LogP contribution in [0.2, 0.25) is 0 Å². The number of allylic oxidation sites excluding steroid dienone is 2. The summed E-state index contributed by atoms with van der Waals surface area (Å²) in [5.41, 5.74) is 3.47. The van der Waals surface area contributed by atoms with Crippen LogP contribution in [0, 0.1) is 35.1 Å². The lowest BCUT2D eigenvalue weighted by Gasteiger charge is -2.06. The molecule has 0 saturated carbocycles. The van der Waals surface area contributed by atoms with Crippen molar-refractivity contribution < 1.29 is 17.6 Å². The second-order valence-corrected chi connectivity index (χ2v) is 7.67. The van der Waals surface area contributed by atoms with Crippen molar-refractivity contribution in [2.45, 2.75) is 19.8 Å². The summed E-state index contributed by atoms with van der Waals surface area (Å²) in [7, 11) is 0. The van der Waals surface area contributed by atoms with E-state index in [1.807, 2.05) is 19.1 Å². The van der Waals surface area contributed by atoms with Crippen molar-refractivity contribution in [2.75, 3.05) is 0 Å². The highest BCUT2D eigenvalue weighted by Crippen LogP contribution is 2.25. The van der Waals surface area contributed by atoms with Gasteiger partial charge in [0.15, 0.2) is 17.5 Å². The minimum Gasteiger partial charge on any atom is -0.206 e. The van der Waals surface area contributed by atoms with Crippen LogP contribution in [0.4, 0.5) is 17.6 Å². The molecule has 0 bridgehead atoms. The highest BCUT2D eigenvalue weighted by atomic mass is 19.2. The van der Waals surface area contributed by atoms with Crippen LogP contribution in [-0.4, -0.2) is 0 Å². The zero-order valence-electron chi connectivity index (χ0n) is 17.9. The summed E-state index contributed by atoms with van der Waals surface area (Å²) < 4.78 is 55.4. The van der Waals surface area contributed by atoms with Crippen molar-refractivity contribution in [1.29, 1.82) is 0 Å². The fourth-order valence-electron chi connectivity index (χ4n) is 3.63. The van der Waals surface area contributed by atoms with E-state index in [0.29, 0.717) is 16.7 Å². The number of aryl methyl sites for hydroxylation is 1. The number of hydrogen-bond donors (Lipinski definition) is 0. The van der Waals surface area contributed by atoms with Crippen LogP contribution >= 0.6 is 0 Å². The summed E-state index contributed by atoms with van der Waals surface area (Å²) in [4.78, 5) is 0. The van der Waals surface area contributed by atoms with Gasteiger partial charge in [-0.1, -0.05) is 54.3 Å². The Morgan fingerprint density at radius 2 is 1.45 bits per heavy atom. The molecular weight excluding hydrogens is 424 g/mol. The molecule has 4 rings (SSSR count). The van der Waals surface area contributed by atoms with E-state index in [2.05, 4.69) is 17.9 Å². The average molecular weight is 444 g/mol. The van der Waals surface area contributed by atoms with E-state index in [1.165, 1.54) is 12.1 Å². The molecular formula is C29H20F4. The third kappa shape index (κ3) is 4.99. The number of fused-ring (bicyclic) bond motifs is 1. The molecule has 0 aliphatic carbocycles. The molecule has 0 N–H and O–H groups in total. The Hall–Kier alpha value is -3.84. The van der Waals surface area contributed by atoms with E-state index in [0.717, 1.165) is 30.0 Å². The van der Waals surface area contributed by atoms with Gasteiger partial charge in [0.25, 0.3) is 0 Å². The summed E-state index contributed by atoms with van der Waals surface area (Å²) in [5, 5.41) is 0.233. The van der Waals surface area contributed by atoms with Crippen molar-refractivity contribution >= 4 is 10.8 Å². The number of halogens is 4. The van der Waals surface area contributed by atoms with Crippen molar-refractivity contribution in [2.24, 2.45) is 0 Å². The maximum Gasteiger partial charge on any atom is 0.195 e. The van der Waals surface area contributed by atoms with Crippen LogP contribution in [0.5, 0.6) is 0 Å². The largest absolute Gasteiger partial charge is 0.206 e. The zero-order valence-corrected chi connectivity index (χ0v) is 17.9. The van der Waals surface area contributed by atoms with Crippen molar-refractivity contribution in [1.82, 2.24) is 0 Å². The summed E-state index contributed by atoms with van der Waals surface area (Å²) in [6.07, 6.45) is 5.70. The van der Waals surface area contributed by atoms with Crippen LogP contribution in [-0.2, 0) is 6.42 Å². The third-order valence-electron chi connectivity index (χ3n) is 5.39. The fourth-order valence-corrected chi connectivity index (χ4v) is 3.63. The Labute approximate surface area is 190 Å². The Morgan fingerprint density at radius 3 is 2.18 bits per heavy atom. The second-order valence-electron chi connectivity index (χ2n) is 7.67. The summed E-state index contributed by atoms with van der Waals surface area (Å²) in [5.74, 6) is 1.73. The zero-order chi connectivity index (χ0) is 23.4. The second kappa shape index (κ2) is 9.75. The van der Waals surface area contributed by atoms with Gasteiger partial charge < -0.3 is 0 Å². The number of hydrogen-bond acceptors (Lipinski definition) is 0. The first-order valence-corrected chi connectivity index (χ1v) is 10.6. The molecule has 0 atom stereocenters. The smallest absolute Gasteiger partial charge is 0.195 e. The van der Waals surface area contributed by atoms with E-state index in [-0.39, 0.29) is 16.6 Å². The molecule has 0 unspecified atom stereocenters. The van der Waals surface area contributed by atoms with Gasteiger partial charge in [0.2, 0.25) is 0 Å². The quantitative estimate of drug-likeness (QED) is 0.130. The van der Waals surface area contributed by atoms with Gasteiger partial charge in [-0.05, 0) is 72.7 Å². The Kier molecular flexibility index (Phi) is 6.60. The monoisotopic (exact) mass is 444 g/mol. The Balaban J connectivity index is 1.54. The normalized spacial score (nSPS) is 11.1. The average Bonchev–Trinajstić information content (AvgIpc) is 2.82. The molecule has 0 heterocycles. The van der Waals surface area contributed by atoms with Gasteiger partial charge in [0.05, 0.1) is 0 Å². The Bertz CT molecular complexity index is 1400. The minimum absolute atomic E-state index is 0.00123. The van der Waals surface area contributed by atoms with Gasteiger partial charge in [-0.2, -0.15) is 0 Å². The standard InChI is InChI=1S/C29H20F4/c1-2-3-4-5-20-10-14-24(26(30)17-20)22-12-8-19(9-13-22)6-7-21-11-15-25-23(16-21)18-27(31)29(33)28(25)32/h2-3,8-18H,4-5H2,1H3/b3-2+. The molecule has 4 aromatic carbocycles. The van der Waals surface area contributed by atoms with Gasteiger partial charge >= 0.3 is 0 Å². The molecule has 164 valence electrons. The molecule has 0 fully saturated rings. The number of rotatable bonds is 4. The first-order valence-electron chi connectivity index (χ1n) is 10.6. The summed E-state index contributed by atoms with van der Waals surface area (Å²) in [6, 6.07) is 17.9. The van der Waals surface area contributed by atoms with Crippen molar-refractivity contribution in [3.63, 3.8) is 0 Å². The molecule has 0 saturated heterocycles. The maximum atomic E-state index is 14.6. The lowest BCUT2D eigenvalue weighted by molar-refractivity contribution is 0.453. The van der Waals surface area contributed by atoms with Gasteiger partial charge in [-0.25, -0.2) is 17.6 Å². The van der Waals surface area contributed by atoms with Crippen LogP contribution in [0.3, 0.4) is 0 Å². The van der Waals surface area contributed by atoms with Gasteiger partial charge in [0.1, 0.15) is 5.82 Å². The van der Waals surface area contributed by atoms with E-state index in [1.54, 1.807) is 42.5 Å². The SMILES string of the molecule is C/C=C/CCc1ccc(-c2ccc(C#Cc3ccc4c(F)c(F)c(F)cc4c3)cc2)c(F)c1. The molecule has 0 spiro atoms. The highest BCUT2D eigenvalue weighted by Gasteiger charge is 2.13. The first kappa shape index (κ1) is 22.4. The third-order valence-corrected chi connectivity index (χ3v) is 5.39. The maximum absolute atomic E-state index is 14.6. The van der Waals surface area contributed by atoms with Gasteiger partial charge in [-0.15, -0.1) is 0 Å². The van der Waals surface area contributed by atoms with Crippen LogP contribution in [0.15, 0.2) is 78.9 Å². The molecule has 0 aliphatic heterocycles. The van der Waals surface area contributed by atoms with E-state index >= 15 is 0 Å². The highest BCUT2D eigenvalue weighted by molar-refractivity contribution is 5.84.